The molecule has 1 amide bonds. The van der Waals surface area contributed by atoms with Gasteiger partial charge in [-0.1, -0.05) is 54.3 Å². The normalized spacial score (nSPS) is 19.7. The second-order valence-corrected chi connectivity index (χ2v) is 8.17. The van der Waals surface area contributed by atoms with Gasteiger partial charge in [-0.15, -0.1) is 23.5 Å². The molecule has 0 bridgehead atoms. The van der Waals surface area contributed by atoms with Crippen molar-refractivity contribution in [2.24, 2.45) is 0 Å². The Morgan fingerprint density at radius 3 is 2.53 bits per heavy atom. The topological polar surface area (TPSA) is 20.3 Å². The Morgan fingerprint density at radius 1 is 1.16 bits per heavy atom. The minimum Gasteiger partial charge on any atom is -0.288 e. The van der Waals surface area contributed by atoms with Gasteiger partial charge in [-0.05, 0) is 5.56 Å². The van der Waals surface area contributed by atoms with E-state index in [9.17, 15) is 4.79 Å². The number of nitrogens with zero attached hydrogens (tertiary/aromatic N) is 1. The highest BCUT2D eigenvalue weighted by molar-refractivity contribution is 8.30. The molecule has 2 fully saturated rings. The van der Waals surface area contributed by atoms with Crippen LogP contribution in [0.2, 0.25) is 0 Å². The first-order chi connectivity index (χ1) is 9.25. The van der Waals surface area contributed by atoms with Gasteiger partial charge in [0.05, 0.1) is 15.7 Å². The van der Waals surface area contributed by atoms with Crippen molar-refractivity contribution >= 4 is 57.7 Å². The van der Waals surface area contributed by atoms with Gasteiger partial charge < -0.3 is 0 Å². The van der Waals surface area contributed by atoms with E-state index in [-0.39, 0.29) is 5.91 Å². The molecule has 3 rings (SSSR count). The molecule has 6 heteroatoms. The largest absolute Gasteiger partial charge is 0.288 e. The lowest BCUT2D eigenvalue weighted by Crippen LogP contribution is -2.27. The zero-order valence-corrected chi connectivity index (χ0v) is 13.3. The summed E-state index contributed by atoms with van der Waals surface area (Å²) in [5, 5.41) is 0. The summed E-state index contributed by atoms with van der Waals surface area (Å²) in [4.78, 5) is 15.0. The van der Waals surface area contributed by atoms with Crippen LogP contribution >= 0.6 is 47.5 Å². The summed E-state index contributed by atoms with van der Waals surface area (Å²) in [5.41, 5.74) is 1.11. The summed E-state index contributed by atoms with van der Waals surface area (Å²) >= 11 is 10.3. The van der Waals surface area contributed by atoms with E-state index in [2.05, 4.69) is 0 Å². The van der Waals surface area contributed by atoms with Crippen molar-refractivity contribution in [1.82, 2.24) is 4.90 Å². The third-order valence-corrected chi connectivity index (χ3v) is 7.19. The van der Waals surface area contributed by atoms with E-state index in [0.717, 1.165) is 26.2 Å². The summed E-state index contributed by atoms with van der Waals surface area (Å²) in [6, 6.07) is 9.97. The van der Waals surface area contributed by atoms with Crippen LogP contribution in [0.15, 0.2) is 39.5 Å². The Kier molecular flexibility index (Phi) is 4.21. The fraction of sp³-hybridized carbons (Fsp3) is 0.231. The summed E-state index contributed by atoms with van der Waals surface area (Å²) in [5.74, 6) is 2.24. The first-order valence-electron chi connectivity index (χ1n) is 5.83. The van der Waals surface area contributed by atoms with Crippen molar-refractivity contribution in [3.8, 4) is 0 Å². The molecule has 0 radical (unpaired) electrons. The van der Waals surface area contributed by atoms with E-state index in [4.69, 9.17) is 12.2 Å². The number of thiocarbonyl (C=S) groups is 1. The summed E-state index contributed by atoms with van der Waals surface area (Å²) in [7, 11) is 0. The quantitative estimate of drug-likeness (QED) is 0.608. The lowest BCUT2D eigenvalue weighted by molar-refractivity contribution is -0.122. The van der Waals surface area contributed by atoms with Crippen LogP contribution in [0.1, 0.15) is 5.56 Å². The minimum atomic E-state index is 0.0655. The monoisotopic (exact) mass is 325 g/mol. The number of hydrogen-bond donors (Lipinski definition) is 0. The lowest BCUT2D eigenvalue weighted by Gasteiger charge is -2.14. The van der Waals surface area contributed by atoms with E-state index in [1.165, 1.54) is 11.8 Å². The van der Waals surface area contributed by atoms with Crippen molar-refractivity contribution in [3.63, 3.8) is 0 Å². The van der Waals surface area contributed by atoms with Crippen LogP contribution in [0.3, 0.4) is 0 Å². The van der Waals surface area contributed by atoms with E-state index in [0.29, 0.717) is 10.9 Å². The molecule has 2 saturated heterocycles. The molecule has 0 N–H and O–H groups in total. The van der Waals surface area contributed by atoms with Gasteiger partial charge in [0.25, 0.3) is 5.91 Å². The molecule has 19 heavy (non-hydrogen) atoms. The van der Waals surface area contributed by atoms with Crippen LogP contribution in [0, 0.1) is 0 Å². The maximum absolute atomic E-state index is 12.4. The second kappa shape index (κ2) is 5.91. The molecule has 2 nitrogen and oxygen atoms in total. The van der Waals surface area contributed by atoms with E-state index in [1.54, 1.807) is 28.4 Å². The number of rotatable bonds is 2. The van der Waals surface area contributed by atoms with Crippen LogP contribution < -0.4 is 0 Å². The Bertz CT molecular complexity index is 547. The third-order valence-electron chi connectivity index (χ3n) is 2.77. The Balaban J connectivity index is 1.82. The predicted octanol–water partition coefficient (Wildman–Crippen LogP) is 3.70. The fourth-order valence-corrected chi connectivity index (χ4v) is 5.89. The van der Waals surface area contributed by atoms with Crippen LogP contribution in [0.5, 0.6) is 0 Å². The molecule has 0 spiro atoms. The number of benzene rings is 1. The van der Waals surface area contributed by atoms with Crippen molar-refractivity contribution in [2.45, 2.75) is 6.54 Å². The minimum absolute atomic E-state index is 0.0655. The smallest absolute Gasteiger partial charge is 0.268 e. The summed E-state index contributed by atoms with van der Waals surface area (Å²) in [6.45, 7) is 0.567. The van der Waals surface area contributed by atoms with Gasteiger partial charge in [-0.25, -0.2) is 0 Å². The van der Waals surface area contributed by atoms with Crippen LogP contribution in [0.4, 0.5) is 0 Å². The second-order valence-electron chi connectivity index (χ2n) is 4.06. The van der Waals surface area contributed by atoms with E-state index < -0.39 is 0 Å². The first-order valence-corrected chi connectivity index (χ1v) is 9.03. The molecular formula is C13H11NOS4. The molecule has 0 atom stereocenters. The molecule has 2 aliphatic heterocycles. The van der Waals surface area contributed by atoms with Gasteiger partial charge in [0.2, 0.25) is 0 Å². The van der Waals surface area contributed by atoms with Crippen molar-refractivity contribution in [2.75, 3.05) is 11.5 Å². The average Bonchev–Trinajstić information content (AvgIpc) is 3.03. The number of amides is 1. The highest BCUT2D eigenvalue weighted by Gasteiger charge is 2.35. The number of carbonyl (C=O) groups is 1. The molecule has 1 aromatic rings. The van der Waals surface area contributed by atoms with Gasteiger partial charge >= 0.3 is 0 Å². The molecule has 2 aliphatic rings. The predicted molar refractivity (Wildman–Crippen MR) is 89.1 cm³/mol. The Morgan fingerprint density at radius 2 is 1.84 bits per heavy atom. The molecule has 98 valence electrons. The molecule has 1 aromatic carbocycles. The number of hydrogen-bond acceptors (Lipinski definition) is 5. The SMILES string of the molecule is O=C1C(=C2SCCS2)SC(=S)N1Cc1ccccc1. The fourth-order valence-electron chi connectivity index (χ4n) is 1.86. The third kappa shape index (κ3) is 2.86. The zero-order chi connectivity index (χ0) is 13.2. The molecule has 2 heterocycles. The Hall–Kier alpha value is -0.430. The van der Waals surface area contributed by atoms with E-state index in [1.807, 2.05) is 30.3 Å². The van der Waals surface area contributed by atoms with Crippen LogP contribution in [-0.4, -0.2) is 26.6 Å². The molecule has 0 aromatic heterocycles. The molecular weight excluding hydrogens is 314 g/mol. The number of carbonyl (C=O) groups excluding carboxylic acids is 1. The van der Waals surface area contributed by atoms with Crippen molar-refractivity contribution in [1.29, 1.82) is 0 Å². The first kappa shape index (κ1) is 13.5. The van der Waals surface area contributed by atoms with Gasteiger partial charge in [-0.3, -0.25) is 9.69 Å². The van der Waals surface area contributed by atoms with Crippen molar-refractivity contribution in [3.05, 3.63) is 45.0 Å². The van der Waals surface area contributed by atoms with Crippen molar-refractivity contribution < 1.29 is 4.79 Å². The molecule has 0 unspecified atom stereocenters. The summed E-state index contributed by atoms with van der Waals surface area (Å²) < 4.78 is 1.82. The van der Waals surface area contributed by atoms with Gasteiger partial charge in [0.1, 0.15) is 4.32 Å². The Labute approximate surface area is 130 Å². The average molecular weight is 326 g/mol. The maximum atomic E-state index is 12.4. The standard InChI is InChI=1S/C13H11NOS4/c15-11-10(12-17-6-7-18-12)19-13(16)14(11)8-9-4-2-1-3-5-9/h1-5H,6-8H2. The highest BCUT2D eigenvalue weighted by Crippen LogP contribution is 2.46. The van der Waals surface area contributed by atoms with Crippen LogP contribution in [-0.2, 0) is 11.3 Å². The lowest BCUT2D eigenvalue weighted by atomic mass is 10.2. The molecule has 0 saturated carbocycles. The van der Waals surface area contributed by atoms with Gasteiger partial charge in [0, 0.05) is 11.5 Å². The molecule has 0 aliphatic carbocycles. The highest BCUT2D eigenvalue weighted by atomic mass is 32.2. The van der Waals surface area contributed by atoms with E-state index >= 15 is 0 Å². The number of thioether (sulfide) groups is 3. The van der Waals surface area contributed by atoms with Gasteiger partial charge in [0.15, 0.2) is 0 Å². The summed E-state index contributed by atoms with van der Waals surface area (Å²) in [6.07, 6.45) is 0. The van der Waals surface area contributed by atoms with Gasteiger partial charge in [-0.2, -0.15) is 0 Å². The maximum Gasteiger partial charge on any atom is 0.268 e. The zero-order valence-electron chi connectivity index (χ0n) is 10.00. The van der Waals surface area contributed by atoms with Crippen LogP contribution in [0.25, 0.3) is 0 Å².